The van der Waals surface area contributed by atoms with Gasteiger partial charge in [-0.05, 0) is 38.5 Å². The molecule has 1 rings (SSSR count). The molecule has 0 saturated heterocycles. The van der Waals surface area contributed by atoms with E-state index in [0.29, 0.717) is 16.3 Å². The minimum absolute atomic E-state index is 0.0791. The number of aryl methyl sites for hydroxylation is 1. The van der Waals surface area contributed by atoms with Crippen LogP contribution in [-0.2, 0) is 15.6 Å². The zero-order valence-corrected chi connectivity index (χ0v) is 11.8. The van der Waals surface area contributed by atoms with Gasteiger partial charge in [0.2, 0.25) is 5.91 Å². The number of benzene rings is 1. The van der Waals surface area contributed by atoms with Crippen molar-refractivity contribution >= 4 is 22.4 Å². The fraction of sp³-hybridized carbons (Fsp3) is 0.462. The van der Waals surface area contributed by atoms with Crippen LogP contribution in [0.5, 0.6) is 0 Å². The van der Waals surface area contributed by atoms with Crippen LogP contribution >= 0.6 is 0 Å². The fourth-order valence-electron chi connectivity index (χ4n) is 1.53. The predicted octanol–water partition coefficient (Wildman–Crippen LogP) is 1.60. The summed E-state index contributed by atoms with van der Waals surface area (Å²) in [5, 5.41) is 2.77. The predicted molar refractivity (Wildman–Crippen MR) is 74.8 cm³/mol. The third-order valence-electron chi connectivity index (χ3n) is 2.38. The molecule has 0 saturated carbocycles. The summed E-state index contributed by atoms with van der Waals surface area (Å²) in [6, 6.07) is 5.54. The van der Waals surface area contributed by atoms with Gasteiger partial charge in [-0.1, -0.05) is 6.07 Å². The molecule has 1 aromatic carbocycles. The molecular formula is C13H20N2O2S. The second-order valence-electron chi connectivity index (χ2n) is 4.56. The van der Waals surface area contributed by atoms with Crippen molar-refractivity contribution in [2.45, 2.75) is 38.1 Å². The first-order valence-electron chi connectivity index (χ1n) is 5.94. The van der Waals surface area contributed by atoms with Crippen LogP contribution in [0.15, 0.2) is 23.1 Å². The molecule has 0 aliphatic carbocycles. The Morgan fingerprint density at radius 2 is 2.11 bits per heavy atom. The topological polar surface area (TPSA) is 72.2 Å². The lowest BCUT2D eigenvalue weighted by Crippen LogP contribution is -2.30. The van der Waals surface area contributed by atoms with E-state index in [4.69, 9.17) is 5.73 Å². The minimum atomic E-state index is -1.23. The molecule has 18 heavy (non-hydrogen) atoms. The number of nitrogen functional groups attached to an aromatic ring is 1. The van der Waals surface area contributed by atoms with Gasteiger partial charge in [-0.25, -0.2) is 0 Å². The normalized spacial score (nSPS) is 12.4. The summed E-state index contributed by atoms with van der Waals surface area (Å²) in [6.45, 7) is 5.71. The van der Waals surface area contributed by atoms with E-state index < -0.39 is 10.8 Å². The lowest BCUT2D eigenvalue weighted by molar-refractivity contribution is -0.121. The molecule has 0 aliphatic heterocycles. The van der Waals surface area contributed by atoms with Crippen LogP contribution in [0.25, 0.3) is 0 Å². The van der Waals surface area contributed by atoms with Crippen molar-refractivity contribution in [1.82, 2.24) is 5.32 Å². The number of nitrogens with two attached hydrogens (primary N) is 1. The minimum Gasteiger partial charge on any atom is -0.398 e. The van der Waals surface area contributed by atoms with Gasteiger partial charge in [0.1, 0.15) is 0 Å². The number of hydrogen-bond acceptors (Lipinski definition) is 3. The number of anilines is 1. The first-order chi connectivity index (χ1) is 8.40. The average molecular weight is 268 g/mol. The maximum Gasteiger partial charge on any atom is 0.221 e. The number of nitrogens with one attached hydrogen (secondary N) is 1. The monoisotopic (exact) mass is 268 g/mol. The largest absolute Gasteiger partial charge is 0.398 e. The Labute approximate surface area is 110 Å². The lowest BCUT2D eigenvalue weighted by atomic mass is 10.2. The summed E-state index contributed by atoms with van der Waals surface area (Å²) in [4.78, 5) is 12.1. The third-order valence-corrected chi connectivity index (χ3v) is 3.80. The number of rotatable bonds is 5. The summed E-state index contributed by atoms with van der Waals surface area (Å²) in [5.41, 5.74) is 7.31. The van der Waals surface area contributed by atoms with Gasteiger partial charge in [0.25, 0.3) is 0 Å². The van der Waals surface area contributed by atoms with Crippen molar-refractivity contribution in [3.05, 3.63) is 23.8 Å². The molecule has 0 fully saturated rings. The number of amides is 1. The Morgan fingerprint density at radius 3 is 2.72 bits per heavy atom. The van der Waals surface area contributed by atoms with Gasteiger partial charge in [-0.15, -0.1) is 0 Å². The molecule has 1 atom stereocenters. The molecule has 0 spiro atoms. The second kappa shape index (κ2) is 6.54. The van der Waals surface area contributed by atoms with E-state index >= 15 is 0 Å². The summed E-state index contributed by atoms with van der Waals surface area (Å²) in [7, 11) is -1.23. The van der Waals surface area contributed by atoms with E-state index in [1.165, 1.54) is 0 Å². The molecule has 3 N–H and O–H groups in total. The highest BCUT2D eigenvalue weighted by Gasteiger charge is 2.11. The highest BCUT2D eigenvalue weighted by atomic mass is 32.2. The van der Waals surface area contributed by atoms with Gasteiger partial charge in [0.05, 0.1) is 15.7 Å². The SMILES string of the molecule is Cc1ccc(N)c(S(=O)CCC(=O)NC(C)C)c1. The van der Waals surface area contributed by atoms with Gasteiger partial charge < -0.3 is 11.1 Å². The Balaban J connectivity index is 2.60. The molecule has 0 bridgehead atoms. The molecule has 5 heteroatoms. The van der Waals surface area contributed by atoms with Gasteiger partial charge in [-0.2, -0.15) is 0 Å². The lowest BCUT2D eigenvalue weighted by Gasteiger charge is -2.09. The fourth-order valence-corrected chi connectivity index (χ4v) is 2.77. The molecule has 100 valence electrons. The van der Waals surface area contributed by atoms with Crippen molar-refractivity contribution in [1.29, 1.82) is 0 Å². The van der Waals surface area contributed by atoms with Crippen LogP contribution in [0.2, 0.25) is 0 Å². The Hall–Kier alpha value is -1.36. The Morgan fingerprint density at radius 1 is 1.44 bits per heavy atom. The van der Waals surface area contributed by atoms with Crippen molar-refractivity contribution in [3.8, 4) is 0 Å². The smallest absolute Gasteiger partial charge is 0.221 e. The Kier molecular flexibility index (Phi) is 5.34. The maximum absolute atomic E-state index is 12.1. The Bertz CT molecular complexity index is 458. The summed E-state index contributed by atoms with van der Waals surface area (Å²) >= 11 is 0. The molecule has 0 aliphatic rings. The van der Waals surface area contributed by atoms with Crippen LogP contribution < -0.4 is 11.1 Å². The van der Waals surface area contributed by atoms with E-state index in [0.717, 1.165) is 5.56 Å². The molecular weight excluding hydrogens is 248 g/mol. The van der Waals surface area contributed by atoms with Crippen molar-refractivity contribution in [2.24, 2.45) is 0 Å². The van der Waals surface area contributed by atoms with Crippen LogP contribution in [0.3, 0.4) is 0 Å². The average Bonchev–Trinajstić information content (AvgIpc) is 2.28. The first-order valence-corrected chi connectivity index (χ1v) is 7.26. The number of hydrogen-bond donors (Lipinski definition) is 2. The molecule has 0 heterocycles. The maximum atomic E-state index is 12.1. The van der Waals surface area contributed by atoms with E-state index in [1.54, 1.807) is 6.07 Å². The van der Waals surface area contributed by atoms with Crippen LogP contribution in [0.4, 0.5) is 5.69 Å². The van der Waals surface area contributed by atoms with Gasteiger partial charge in [0.15, 0.2) is 0 Å². The molecule has 0 radical (unpaired) electrons. The van der Waals surface area contributed by atoms with Crippen LogP contribution in [0.1, 0.15) is 25.8 Å². The van der Waals surface area contributed by atoms with Gasteiger partial charge in [-0.3, -0.25) is 9.00 Å². The van der Waals surface area contributed by atoms with E-state index in [1.807, 2.05) is 32.9 Å². The number of carbonyl (C=O) groups excluding carboxylic acids is 1. The summed E-state index contributed by atoms with van der Waals surface area (Å²) in [6.07, 6.45) is 0.248. The van der Waals surface area contributed by atoms with Crippen molar-refractivity contribution in [3.63, 3.8) is 0 Å². The van der Waals surface area contributed by atoms with E-state index in [-0.39, 0.29) is 18.4 Å². The number of carbonyl (C=O) groups is 1. The van der Waals surface area contributed by atoms with Crippen molar-refractivity contribution < 1.29 is 9.00 Å². The van der Waals surface area contributed by atoms with Crippen LogP contribution in [0, 0.1) is 6.92 Å². The highest BCUT2D eigenvalue weighted by molar-refractivity contribution is 7.85. The molecule has 1 unspecified atom stereocenters. The third kappa shape index (κ3) is 4.49. The highest BCUT2D eigenvalue weighted by Crippen LogP contribution is 2.18. The van der Waals surface area contributed by atoms with E-state index in [9.17, 15) is 9.00 Å². The standard InChI is InChI=1S/C13H20N2O2S/c1-9(2)15-13(16)6-7-18(17)12-8-10(3)4-5-11(12)14/h4-5,8-9H,6-7,14H2,1-3H3,(H,15,16). The van der Waals surface area contributed by atoms with E-state index in [2.05, 4.69) is 5.32 Å². The quantitative estimate of drug-likeness (QED) is 0.797. The summed E-state index contributed by atoms with van der Waals surface area (Å²) < 4.78 is 12.1. The van der Waals surface area contributed by atoms with Gasteiger partial charge in [0, 0.05) is 23.9 Å². The zero-order chi connectivity index (χ0) is 13.7. The second-order valence-corrected chi connectivity index (χ2v) is 6.10. The molecule has 0 aromatic heterocycles. The first kappa shape index (κ1) is 14.7. The van der Waals surface area contributed by atoms with Crippen molar-refractivity contribution in [2.75, 3.05) is 11.5 Å². The summed E-state index contributed by atoms with van der Waals surface area (Å²) in [5.74, 6) is 0.219. The van der Waals surface area contributed by atoms with Gasteiger partial charge >= 0.3 is 0 Å². The molecule has 1 aromatic rings. The molecule has 4 nitrogen and oxygen atoms in total. The molecule has 1 amide bonds. The zero-order valence-electron chi connectivity index (χ0n) is 11.0. The van der Waals surface area contributed by atoms with Crippen LogP contribution in [-0.4, -0.2) is 21.9 Å².